The highest BCUT2D eigenvalue weighted by molar-refractivity contribution is 5.71. The third-order valence-electron chi connectivity index (χ3n) is 3.64. The lowest BCUT2D eigenvalue weighted by atomic mass is 10.1. The summed E-state index contributed by atoms with van der Waals surface area (Å²) >= 11 is 0. The van der Waals surface area contributed by atoms with Crippen LogP contribution in [0.25, 0.3) is 0 Å². The maximum Gasteiger partial charge on any atom is 0.309 e. The van der Waals surface area contributed by atoms with Crippen molar-refractivity contribution in [3.8, 4) is 0 Å². The van der Waals surface area contributed by atoms with Gasteiger partial charge in [-0.2, -0.15) is 0 Å². The molecule has 1 aliphatic carbocycles. The van der Waals surface area contributed by atoms with E-state index >= 15 is 0 Å². The molecule has 0 spiro atoms. The van der Waals surface area contributed by atoms with Crippen LogP contribution in [0.5, 0.6) is 0 Å². The number of rotatable bonds is 8. The van der Waals surface area contributed by atoms with E-state index in [0.717, 1.165) is 25.7 Å². The summed E-state index contributed by atoms with van der Waals surface area (Å²) in [4.78, 5) is 11.0. The Morgan fingerprint density at radius 2 is 2.12 bits per heavy atom. The second-order valence-corrected chi connectivity index (χ2v) is 5.21. The fraction of sp³-hybridized carbons (Fsp3) is 0.929. The first kappa shape index (κ1) is 14.5. The molecule has 0 aromatic rings. The monoisotopic (exact) mass is 242 g/mol. The van der Waals surface area contributed by atoms with Crippen molar-refractivity contribution in [3.63, 3.8) is 0 Å². The summed E-state index contributed by atoms with van der Waals surface area (Å²) in [6, 6.07) is 0. The number of unbranched alkanes of at least 4 members (excludes halogenated alkanes) is 3. The lowest BCUT2D eigenvalue weighted by molar-refractivity contribution is -0.147. The van der Waals surface area contributed by atoms with E-state index in [9.17, 15) is 4.79 Å². The summed E-state index contributed by atoms with van der Waals surface area (Å²) in [7, 11) is 0. The lowest BCUT2D eigenvalue weighted by Gasteiger charge is -2.21. The minimum absolute atomic E-state index is 0.0475. The molecule has 3 atom stereocenters. The second kappa shape index (κ2) is 7.70. The maximum absolute atomic E-state index is 11.0. The van der Waals surface area contributed by atoms with Crippen molar-refractivity contribution < 1.29 is 14.6 Å². The highest BCUT2D eigenvalue weighted by Crippen LogP contribution is 2.30. The maximum atomic E-state index is 11.0. The van der Waals surface area contributed by atoms with Gasteiger partial charge in [0.05, 0.1) is 18.1 Å². The first-order valence-electron chi connectivity index (χ1n) is 7.03. The SMILES string of the molecule is CCCCCCC(C)OC1CCCC1C(=O)O. The molecule has 1 aliphatic rings. The van der Waals surface area contributed by atoms with Gasteiger partial charge in [0, 0.05) is 0 Å². The van der Waals surface area contributed by atoms with Gasteiger partial charge in [-0.15, -0.1) is 0 Å². The van der Waals surface area contributed by atoms with Gasteiger partial charge in [0.2, 0.25) is 0 Å². The minimum Gasteiger partial charge on any atom is -0.481 e. The number of carboxylic acid groups (broad SMARTS) is 1. The van der Waals surface area contributed by atoms with Gasteiger partial charge in [0.15, 0.2) is 0 Å². The van der Waals surface area contributed by atoms with Gasteiger partial charge in [-0.05, 0) is 32.6 Å². The predicted molar refractivity (Wildman–Crippen MR) is 68.1 cm³/mol. The van der Waals surface area contributed by atoms with Crippen LogP contribution in [0.15, 0.2) is 0 Å². The normalized spacial score (nSPS) is 26.0. The molecule has 100 valence electrons. The van der Waals surface area contributed by atoms with Gasteiger partial charge in [0.1, 0.15) is 0 Å². The van der Waals surface area contributed by atoms with E-state index in [0.29, 0.717) is 0 Å². The Bertz CT molecular complexity index is 228. The highest BCUT2D eigenvalue weighted by Gasteiger charge is 2.34. The number of ether oxygens (including phenoxy) is 1. The molecule has 0 aliphatic heterocycles. The molecule has 3 nitrogen and oxygen atoms in total. The molecule has 3 heteroatoms. The third kappa shape index (κ3) is 5.07. The van der Waals surface area contributed by atoms with E-state index in [-0.39, 0.29) is 18.1 Å². The van der Waals surface area contributed by atoms with Crippen molar-refractivity contribution in [3.05, 3.63) is 0 Å². The van der Waals surface area contributed by atoms with E-state index in [1.807, 2.05) is 0 Å². The van der Waals surface area contributed by atoms with Crippen LogP contribution < -0.4 is 0 Å². The average molecular weight is 242 g/mol. The first-order valence-corrected chi connectivity index (χ1v) is 7.03. The summed E-state index contributed by atoms with van der Waals surface area (Å²) in [5.41, 5.74) is 0. The fourth-order valence-corrected chi connectivity index (χ4v) is 2.60. The standard InChI is InChI=1S/C14H26O3/c1-3-4-5-6-8-11(2)17-13-10-7-9-12(13)14(15)16/h11-13H,3-10H2,1-2H3,(H,15,16). The van der Waals surface area contributed by atoms with Crippen LogP contribution in [0.3, 0.4) is 0 Å². The van der Waals surface area contributed by atoms with E-state index in [2.05, 4.69) is 13.8 Å². The van der Waals surface area contributed by atoms with E-state index in [1.54, 1.807) is 0 Å². The zero-order valence-electron chi connectivity index (χ0n) is 11.2. The van der Waals surface area contributed by atoms with E-state index in [1.165, 1.54) is 25.7 Å². The molecule has 0 saturated heterocycles. The lowest BCUT2D eigenvalue weighted by Crippen LogP contribution is -2.28. The Labute approximate surface area is 105 Å². The molecule has 3 unspecified atom stereocenters. The van der Waals surface area contributed by atoms with Gasteiger partial charge in [-0.1, -0.05) is 32.6 Å². The quantitative estimate of drug-likeness (QED) is 0.661. The third-order valence-corrected chi connectivity index (χ3v) is 3.64. The van der Waals surface area contributed by atoms with E-state index in [4.69, 9.17) is 9.84 Å². The van der Waals surface area contributed by atoms with Gasteiger partial charge in [-0.3, -0.25) is 4.79 Å². The molecule has 1 rings (SSSR count). The molecule has 0 radical (unpaired) electrons. The molecule has 0 amide bonds. The molecule has 0 heterocycles. The zero-order valence-corrected chi connectivity index (χ0v) is 11.2. The summed E-state index contributed by atoms with van der Waals surface area (Å²) in [6.45, 7) is 4.28. The van der Waals surface area contributed by atoms with Crippen LogP contribution in [0.2, 0.25) is 0 Å². The Balaban J connectivity index is 2.20. The van der Waals surface area contributed by atoms with Crippen LogP contribution in [-0.4, -0.2) is 23.3 Å². The topological polar surface area (TPSA) is 46.5 Å². The molecule has 1 fully saturated rings. The van der Waals surface area contributed by atoms with Crippen LogP contribution in [0, 0.1) is 5.92 Å². The Morgan fingerprint density at radius 1 is 1.35 bits per heavy atom. The molecule has 1 N–H and O–H groups in total. The van der Waals surface area contributed by atoms with Crippen molar-refractivity contribution in [2.75, 3.05) is 0 Å². The van der Waals surface area contributed by atoms with Crippen molar-refractivity contribution in [2.24, 2.45) is 5.92 Å². The van der Waals surface area contributed by atoms with Crippen LogP contribution in [0.4, 0.5) is 0 Å². The molecule has 0 aromatic carbocycles. The predicted octanol–water partition coefficient (Wildman–Crippen LogP) is 3.62. The largest absolute Gasteiger partial charge is 0.481 e. The Hall–Kier alpha value is -0.570. The Morgan fingerprint density at radius 3 is 2.76 bits per heavy atom. The van der Waals surface area contributed by atoms with Crippen LogP contribution >= 0.6 is 0 Å². The molecule has 0 bridgehead atoms. The summed E-state index contributed by atoms with van der Waals surface area (Å²) in [5, 5.41) is 9.06. The smallest absolute Gasteiger partial charge is 0.309 e. The van der Waals surface area contributed by atoms with Gasteiger partial charge in [-0.25, -0.2) is 0 Å². The van der Waals surface area contributed by atoms with Gasteiger partial charge >= 0.3 is 5.97 Å². The highest BCUT2D eigenvalue weighted by atomic mass is 16.5. The minimum atomic E-state index is -0.689. The zero-order chi connectivity index (χ0) is 12.7. The van der Waals surface area contributed by atoms with Crippen molar-refractivity contribution in [2.45, 2.75) is 77.4 Å². The molecular weight excluding hydrogens is 216 g/mol. The molecular formula is C14H26O3. The van der Waals surface area contributed by atoms with Gasteiger partial charge in [0.25, 0.3) is 0 Å². The number of hydrogen-bond acceptors (Lipinski definition) is 2. The van der Waals surface area contributed by atoms with Crippen molar-refractivity contribution in [1.82, 2.24) is 0 Å². The molecule has 0 aromatic heterocycles. The molecule has 1 saturated carbocycles. The van der Waals surface area contributed by atoms with Gasteiger partial charge < -0.3 is 9.84 Å². The van der Waals surface area contributed by atoms with Crippen molar-refractivity contribution in [1.29, 1.82) is 0 Å². The summed E-state index contributed by atoms with van der Waals surface area (Å²) < 4.78 is 5.88. The first-order chi connectivity index (χ1) is 8.15. The number of carbonyl (C=O) groups is 1. The number of aliphatic carboxylic acids is 1. The van der Waals surface area contributed by atoms with Crippen LogP contribution in [-0.2, 0) is 9.53 Å². The summed E-state index contributed by atoms with van der Waals surface area (Å²) in [5.74, 6) is -0.959. The van der Waals surface area contributed by atoms with Crippen molar-refractivity contribution >= 4 is 5.97 Å². The Kier molecular flexibility index (Phi) is 6.56. The summed E-state index contributed by atoms with van der Waals surface area (Å²) in [6.07, 6.45) is 8.89. The second-order valence-electron chi connectivity index (χ2n) is 5.21. The number of hydrogen-bond donors (Lipinski definition) is 1. The fourth-order valence-electron chi connectivity index (χ4n) is 2.60. The van der Waals surface area contributed by atoms with Crippen LogP contribution in [0.1, 0.15) is 65.2 Å². The number of carboxylic acids is 1. The molecule has 17 heavy (non-hydrogen) atoms. The average Bonchev–Trinajstić information content (AvgIpc) is 2.72. The van der Waals surface area contributed by atoms with E-state index < -0.39 is 5.97 Å².